The highest BCUT2D eigenvalue weighted by molar-refractivity contribution is 5.81. The van der Waals surface area contributed by atoms with Crippen LogP contribution in [0.4, 0.5) is 0 Å². The van der Waals surface area contributed by atoms with Gasteiger partial charge in [-0.3, -0.25) is 19.3 Å². The Labute approximate surface area is 145 Å². The van der Waals surface area contributed by atoms with E-state index in [1.807, 2.05) is 7.05 Å². The van der Waals surface area contributed by atoms with Gasteiger partial charge in [0.1, 0.15) is 0 Å². The highest BCUT2D eigenvalue weighted by Crippen LogP contribution is 2.16. The minimum Gasteiger partial charge on any atom is -0.349 e. The summed E-state index contributed by atoms with van der Waals surface area (Å²) >= 11 is 0. The zero-order valence-corrected chi connectivity index (χ0v) is 15.1. The predicted octanol–water partition coefficient (Wildman–Crippen LogP) is 1.60. The first-order valence-corrected chi connectivity index (χ1v) is 9.43. The average molecular weight is 333 g/mol. The maximum atomic E-state index is 12.4. The molecule has 1 aromatic rings. The van der Waals surface area contributed by atoms with Gasteiger partial charge in [-0.05, 0) is 51.9 Å². The Morgan fingerprint density at radius 2 is 2.17 bits per heavy atom. The van der Waals surface area contributed by atoms with Gasteiger partial charge in [0, 0.05) is 19.6 Å². The third-order valence-corrected chi connectivity index (χ3v) is 5.20. The Balaban J connectivity index is 1.56. The number of hydrogen-bond acceptors (Lipinski definition) is 4. The number of nitrogens with zero attached hydrogens (tertiary/aromatic N) is 4. The first-order chi connectivity index (χ1) is 11.7. The largest absolute Gasteiger partial charge is 0.349 e. The van der Waals surface area contributed by atoms with Crippen molar-refractivity contribution in [2.45, 2.75) is 64.7 Å². The molecule has 1 aromatic heterocycles. The molecule has 1 saturated heterocycles. The molecule has 0 spiro atoms. The molecule has 0 aliphatic carbocycles. The number of aryl methyl sites for hydroxylation is 1. The maximum Gasteiger partial charge on any atom is 0.237 e. The minimum absolute atomic E-state index is 0.0271. The minimum atomic E-state index is 0.0271. The van der Waals surface area contributed by atoms with E-state index in [1.165, 1.54) is 18.5 Å². The van der Waals surface area contributed by atoms with Crippen LogP contribution in [0, 0.1) is 0 Å². The van der Waals surface area contributed by atoms with Gasteiger partial charge in [0.2, 0.25) is 5.91 Å². The van der Waals surface area contributed by atoms with Crippen molar-refractivity contribution in [2.24, 2.45) is 0 Å². The van der Waals surface area contributed by atoms with Gasteiger partial charge < -0.3 is 5.32 Å². The lowest BCUT2D eigenvalue weighted by molar-refractivity contribution is -0.127. The van der Waals surface area contributed by atoms with Crippen LogP contribution in [0.2, 0.25) is 0 Å². The predicted molar refractivity (Wildman–Crippen MR) is 94.5 cm³/mol. The molecule has 134 valence electrons. The molecule has 0 unspecified atom stereocenters. The van der Waals surface area contributed by atoms with Crippen LogP contribution in [0.5, 0.6) is 0 Å². The van der Waals surface area contributed by atoms with Gasteiger partial charge in [-0.25, -0.2) is 0 Å². The van der Waals surface area contributed by atoms with Crippen molar-refractivity contribution in [1.29, 1.82) is 0 Å². The molecule has 1 N–H and O–H groups in total. The number of nitrogens with one attached hydrogen (secondary N) is 1. The SMILES string of the molecule is CCCN1CCCn2nc(CNC(=O)[C@@H]3CCCCN3C)cc2C1. The second-order valence-electron chi connectivity index (χ2n) is 7.19. The number of likely N-dealkylation sites (tertiary alicyclic amines) is 1. The van der Waals surface area contributed by atoms with E-state index in [-0.39, 0.29) is 11.9 Å². The Hall–Kier alpha value is -1.40. The van der Waals surface area contributed by atoms with Gasteiger partial charge in [-0.15, -0.1) is 0 Å². The molecule has 6 heteroatoms. The van der Waals surface area contributed by atoms with E-state index in [4.69, 9.17) is 5.10 Å². The lowest BCUT2D eigenvalue weighted by atomic mass is 10.0. The van der Waals surface area contributed by atoms with Crippen LogP contribution in [0.1, 0.15) is 50.4 Å². The lowest BCUT2D eigenvalue weighted by Gasteiger charge is -2.31. The van der Waals surface area contributed by atoms with Crippen LogP contribution in [-0.2, 0) is 24.4 Å². The summed E-state index contributed by atoms with van der Waals surface area (Å²) in [6.45, 7) is 8.03. The van der Waals surface area contributed by atoms with E-state index in [1.54, 1.807) is 0 Å². The number of carbonyl (C=O) groups excluding carboxylic acids is 1. The number of likely N-dealkylation sites (N-methyl/N-ethyl adjacent to an activating group) is 1. The van der Waals surface area contributed by atoms with Crippen molar-refractivity contribution >= 4 is 5.91 Å². The van der Waals surface area contributed by atoms with Crippen molar-refractivity contribution in [3.8, 4) is 0 Å². The number of amides is 1. The number of piperidine rings is 1. The summed E-state index contributed by atoms with van der Waals surface area (Å²) < 4.78 is 2.13. The molecule has 1 atom stereocenters. The van der Waals surface area contributed by atoms with E-state index in [0.29, 0.717) is 6.54 Å². The molecule has 0 aromatic carbocycles. The molecule has 2 aliphatic heterocycles. The summed E-state index contributed by atoms with van der Waals surface area (Å²) in [6.07, 6.45) is 5.64. The molecule has 2 aliphatic rings. The second kappa shape index (κ2) is 8.12. The van der Waals surface area contributed by atoms with Crippen molar-refractivity contribution < 1.29 is 4.79 Å². The zero-order valence-electron chi connectivity index (χ0n) is 15.1. The molecule has 0 bridgehead atoms. The fourth-order valence-corrected chi connectivity index (χ4v) is 3.88. The third-order valence-electron chi connectivity index (χ3n) is 5.20. The molecule has 0 saturated carbocycles. The molecule has 1 amide bonds. The Kier molecular flexibility index (Phi) is 5.89. The van der Waals surface area contributed by atoms with Crippen molar-refractivity contribution in [3.05, 3.63) is 17.5 Å². The molecule has 24 heavy (non-hydrogen) atoms. The quantitative estimate of drug-likeness (QED) is 0.889. The van der Waals surface area contributed by atoms with E-state index >= 15 is 0 Å². The van der Waals surface area contributed by atoms with Crippen molar-refractivity contribution in [1.82, 2.24) is 24.9 Å². The molecule has 0 radical (unpaired) electrons. The summed E-state index contributed by atoms with van der Waals surface area (Å²) in [4.78, 5) is 17.1. The van der Waals surface area contributed by atoms with Crippen LogP contribution in [0.3, 0.4) is 0 Å². The summed E-state index contributed by atoms with van der Waals surface area (Å²) in [5, 5.41) is 7.79. The first kappa shape index (κ1) is 17.4. The van der Waals surface area contributed by atoms with E-state index in [9.17, 15) is 4.79 Å². The van der Waals surface area contributed by atoms with Gasteiger partial charge in [0.15, 0.2) is 0 Å². The number of fused-ring (bicyclic) bond motifs is 1. The number of rotatable bonds is 5. The standard InChI is InChI=1S/C18H31N5O/c1-3-8-22-10-6-11-23-16(14-22)12-15(20-23)13-19-18(24)17-7-4-5-9-21(17)2/h12,17H,3-11,13-14H2,1-2H3,(H,19,24)/t17-/m0/s1. The fourth-order valence-electron chi connectivity index (χ4n) is 3.88. The zero-order chi connectivity index (χ0) is 16.9. The van der Waals surface area contributed by atoms with Crippen LogP contribution in [0.15, 0.2) is 6.07 Å². The highest BCUT2D eigenvalue weighted by atomic mass is 16.2. The first-order valence-electron chi connectivity index (χ1n) is 9.43. The summed E-state index contributed by atoms with van der Waals surface area (Å²) in [5.41, 5.74) is 2.26. The Morgan fingerprint density at radius 3 is 2.96 bits per heavy atom. The highest BCUT2D eigenvalue weighted by Gasteiger charge is 2.25. The van der Waals surface area contributed by atoms with Crippen molar-refractivity contribution in [2.75, 3.05) is 26.7 Å². The monoisotopic (exact) mass is 333 g/mol. The molecule has 3 rings (SSSR count). The molecule has 6 nitrogen and oxygen atoms in total. The van der Waals surface area contributed by atoms with Crippen LogP contribution >= 0.6 is 0 Å². The van der Waals surface area contributed by atoms with Gasteiger partial charge in [0.25, 0.3) is 0 Å². The van der Waals surface area contributed by atoms with E-state index < -0.39 is 0 Å². The van der Waals surface area contributed by atoms with E-state index in [2.05, 4.69) is 32.8 Å². The average Bonchev–Trinajstić information content (AvgIpc) is 2.85. The van der Waals surface area contributed by atoms with Gasteiger partial charge in [-0.1, -0.05) is 13.3 Å². The lowest BCUT2D eigenvalue weighted by Crippen LogP contribution is -2.47. The van der Waals surface area contributed by atoms with Crippen LogP contribution in [0.25, 0.3) is 0 Å². The van der Waals surface area contributed by atoms with Gasteiger partial charge >= 0.3 is 0 Å². The number of hydrogen-bond donors (Lipinski definition) is 1. The molecular formula is C18H31N5O. The van der Waals surface area contributed by atoms with Gasteiger partial charge in [-0.2, -0.15) is 5.10 Å². The number of aromatic nitrogens is 2. The summed E-state index contributed by atoms with van der Waals surface area (Å²) in [7, 11) is 2.05. The Bertz CT molecular complexity index is 556. The van der Waals surface area contributed by atoms with Gasteiger partial charge in [0.05, 0.1) is 24.0 Å². The fraction of sp³-hybridized carbons (Fsp3) is 0.778. The summed E-state index contributed by atoms with van der Waals surface area (Å²) in [5.74, 6) is 0.146. The van der Waals surface area contributed by atoms with E-state index in [0.717, 1.165) is 57.7 Å². The van der Waals surface area contributed by atoms with Crippen LogP contribution in [-0.4, -0.2) is 58.2 Å². The second-order valence-corrected chi connectivity index (χ2v) is 7.19. The Morgan fingerprint density at radius 1 is 1.29 bits per heavy atom. The number of carbonyl (C=O) groups is 1. The third kappa shape index (κ3) is 4.16. The van der Waals surface area contributed by atoms with Crippen molar-refractivity contribution in [3.63, 3.8) is 0 Å². The van der Waals surface area contributed by atoms with Crippen LogP contribution < -0.4 is 5.32 Å². The molecular weight excluding hydrogens is 302 g/mol. The smallest absolute Gasteiger partial charge is 0.237 e. The topological polar surface area (TPSA) is 53.4 Å². The normalized spacial score (nSPS) is 22.8. The molecule has 3 heterocycles. The maximum absolute atomic E-state index is 12.4. The molecule has 1 fully saturated rings. The summed E-state index contributed by atoms with van der Waals surface area (Å²) in [6, 6.07) is 2.19.